The van der Waals surface area contributed by atoms with Gasteiger partial charge in [-0.1, -0.05) is 12.1 Å². The van der Waals surface area contributed by atoms with Gasteiger partial charge in [-0.3, -0.25) is 4.79 Å². The molecule has 1 aromatic carbocycles. The summed E-state index contributed by atoms with van der Waals surface area (Å²) in [6.07, 6.45) is -3.54. The molecule has 0 aliphatic carbocycles. The van der Waals surface area contributed by atoms with E-state index < -0.39 is 33.7 Å². The minimum absolute atomic E-state index is 0.106. The number of hydrogen-bond donors (Lipinski definition) is 1. The first kappa shape index (κ1) is 20.8. The molecule has 1 N–H and O–H groups in total. The van der Waals surface area contributed by atoms with Crippen molar-refractivity contribution < 1.29 is 26.4 Å². The van der Waals surface area contributed by atoms with Gasteiger partial charge in [0.15, 0.2) is 0 Å². The van der Waals surface area contributed by atoms with Crippen LogP contribution in [0.3, 0.4) is 0 Å². The molecule has 10 heteroatoms. The van der Waals surface area contributed by atoms with Crippen LogP contribution in [0.4, 0.5) is 13.2 Å². The van der Waals surface area contributed by atoms with Gasteiger partial charge >= 0.3 is 6.18 Å². The second-order valence-electron chi connectivity index (χ2n) is 6.55. The topological polar surface area (TPSA) is 66.5 Å². The molecule has 1 saturated heterocycles. The lowest BCUT2D eigenvalue weighted by Gasteiger charge is -2.22. The first-order valence-electron chi connectivity index (χ1n) is 8.61. The minimum atomic E-state index is -4.46. The molecule has 0 radical (unpaired) electrons. The molecule has 1 fully saturated rings. The number of alkyl halides is 3. The second kappa shape index (κ2) is 7.84. The number of carbonyl (C=O) groups is 1. The molecule has 2 aromatic rings. The van der Waals surface area contributed by atoms with Crippen molar-refractivity contribution in [1.29, 1.82) is 0 Å². The van der Waals surface area contributed by atoms with E-state index in [0.29, 0.717) is 18.4 Å². The SMILES string of the molecule is Cc1ccc(S(=O)(=O)N2CCC[C@@H]2C(=O)NCc2cccc(C(F)(F)F)c2)s1. The number of nitrogens with zero attached hydrogens (tertiary/aromatic N) is 1. The van der Waals surface area contributed by atoms with Crippen molar-refractivity contribution in [3.63, 3.8) is 0 Å². The van der Waals surface area contributed by atoms with Gasteiger partial charge in [0.1, 0.15) is 10.3 Å². The van der Waals surface area contributed by atoms with E-state index >= 15 is 0 Å². The van der Waals surface area contributed by atoms with Crippen molar-refractivity contribution in [2.24, 2.45) is 0 Å². The Kier molecular flexibility index (Phi) is 5.83. The zero-order chi connectivity index (χ0) is 20.5. The molecule has 2 heterocycles. The van der Waals surface area contributed by atoms with Crippen LogP contribution >= 0.6 is 11.3 Å². The number of sulfonamides is 1. The zero-order valence-electron chi connectivity index (χ0n) is 15.0. The maximum atomic E-state index is 12.8. The highest BCUT2D eigenvalue weighted by atomic mass is 32.2. The quantitative estimate of drug-likeness (QED) is 0.786. The van der Waals surface area contributed by atoms with Gasteiger partial charge in [0, 0.05) is 18.0 Å². The normalized spacial score (nSPS) is 18.4. The number of thiophene rings is 1. The van der Waals surface area contributed by atoms with Crippen molar-refractivity contribution in [3.8, 4) is 0 Å². The first-order chi connectivity index (χ1) is 13.1. The predicted molar refractivity (Wildman–Crippen MR) is 99.3 cm³/mol. The molecule has 3 rings (SSSR count). The highest BCUT2D eigenvalue weighted by Gasteiger charge is 2.40. The molecule has 0 unspecified atom stereocenters. The third-order valence-electron chi connectivity index (χ3n) is 4.51. The summed E-state index contributed by atoms with van der Waals surface area (Å²) in [6, 6.07) is 7.04. The summed E-state index contributed by atoms with van der Waals surface area (Å²) in [7, 11) is -3.78. The third-order valence-corrected chi connectivity index (χ3v) is 7.88. The van der Waals surface area contributed by atoms with Crippen LogP contribution in [0, 0.1) is 6.92 Å². The van der Waals surface area contributed by atoms with Crippen LogP contribution < -0.4 is 5.32 Å². The van der Waals surface area contributed by atoms with Gasteiger partial charge in [-0.25, -0.2) is 8.42 Å². The lowest BCUT2D eigenvalue weighted by molar-refractivity contribution is -0.137. The number of benzene rings is 1. The van der Waals surface area contributed by atoms with Crippen LogP contribution in [-0.4, -0.2) is 31.2 Å². The van der Waals surface area contributed by atoms with E-state index in [1.54, 1.807) is 13.0 Å². The fraction of sp³-hybridized carbons (Fsp3) is 0.389. The Bertz CT molecular complexity index is 970. The summed E-state index contributed by atoms with van der Waals surface area (Å²) in [5, 5.41) is 2.57. The molecular formula is C18H19F3N2O3S2. The number of halogens is 3. The lowest BCUT2D eigenvalue weighted by Crippen LogP contribution is -2.45. The van der Waals surface area contributed by atoms with Crippen LogP contribution in [0.1, 0.15) is 28.8 Å². The highest BCUT2D eigenvalue weighted by molar-refractivity contribution is 7.91. The fourth-order valence-electron chi connectivity index (χ4n) is 3.12. The molecule has 0 spiro atoms. The molecule has 0 bridgehead atoms. The van der Waals surface area contributed by atoms with Crippen LogP contribution in [0.5, 0.6) is 0 Å². The Morgan fingerprint density at radius 1 is 1.29 bits per heavy atom. The van der Waals surface area contributed by atoms with E-state index in [9.17, 15) is 26.4 Å². The minimum Gasteiger partial charge on any atom is -0.351 e. The van der Waals surface area contributed by atoms with E-state index in [0.717, 1.165) is 28.3 Å². The average Bonchev–Trinajstić information content (AvgIpc) is 3.29. The molecule has 1 atom stereocenters. The molecule has 28 heavy (non-hydrogen) atoms. The number of nitrogens with one attached hydrogen (secondary N) is 1. The van der Waals surface area contributed by atoms with E-state index in [4.69, 9.17) is 0 Å². The third kappa shape index (κ3) is 4.39. The van der Waals surface area contributed by atoms with Gasteiger partial charge < -0.3 is 5.32 Å². The zero-order valence-corrected chi connectivity index (χ0v) is 16.6. The van der Waals surface area contributed by atoms with Crippen LogP contribution in [-0.2, 0) is 27.5 Å². The number of carbonyl (C=O) groups excluding carboxylic acids is 1. The van der Waals surface area contributed by atoms with E-state index in [2.05, 4.69) is 5.32 Å². The van der Waals surface area contributed by atoms with Crippen molar-refractivity contribution in [2.75, 3.05) is 6.54 Å². The summed E-state index contributed by atoms with van der Waals surface area (Å²) in [5.41, 5.74) is -0.498. The van der Waals surface area contributed by atoms with E-state index in [-0.39, 0.29) is 17.3 Å². The molecular weight excluding hydrogens is 413 g/mol. The van der Waals surface area contributed by atoms with Gasteiger partial charge in [0.2, 0.25) is 5.91 Å². The van der Waals surface area contributed by atoms with E-state index in [1.807, 2.05) is 0 Å². The summed E-state index contributed by atoms with van der Waals surface area (Å²) < 4.78 is 65.4. The molecule has 1 aliphatic heterocycles. The van der Waals surface area contributed by atoms with Crippen LogP contribution in [0.25, 0.3) is 0 Å². The molecule has 1 amide bonds. The molecule has 0 saturated carbocycles. The van der Waals surface area contributed by atoms with E-state index in [1.165, 1.54) is 22.5 Å². The van der Waals surface area contributed by atoms with Gasteiger partial charge in [-0.2, -0.15) is 17.5 Å². The Morgan fingerprint density at radius 3 is 2.68 bits per heavy atom. The smallest absolute Gasteiger partial charge is 0.351 e. The van der Waals surface area contributed by atoms with Gasteiger partial charge in [-0.15, -0.1) is 11.3 Å². The van der Waals surface area contributed by atoms with Crippen LogP contribution in [0.15, 0.2) is 40.6 Å². The molecule has 5 nitrogen and oxygen atoms in total. The summed E-state index contributed by atoms with van der Waals surface area (Å²) in [4.78, 5) is 13.4. The Morgan fingerprint density at radius 2 is 2.04 bits per heavy atom. The van der Waals surface area contributed by atoms with Crippen molar-refractivity contribution in [2.45, 2.75) is 42.7 Å². The molecule has 1 aliphatic rings. The summed E-state index contributed by atoms with van der Waals surface area (Å²) >= 11 is 1.14. The van der Waals surface area contributed by atoms with Crippen molar-refractivity contribution >= 4 is 27.3 Å². The number of rotatable bonds is 5. The summed E-state index contributed by atoms with van der Waals surface area (Å²) in [6.45, 7) is 1.93. The first-order valence-corrected chi connectivity index (χ1v) is 10.9. The highest BCUT2D eigenvalue weighted by Crippen LogP contribution is 2.31. The van der Waals surface area contributed by atoms with Gasteiger partial charge in [-0.05, 0) is 49.6 Å². The molecule has 1 aromatic heterocycles. The average molecular weight is 432 g/mol. The number of amides is 1. The van der Waals surface area contributed by atoms with Crippen molar-refractivity contribution in [3.05, 3.63) is 52.4 Å². The second-order valence-corrected chi connectivity index (χ2v) is 9.96. The maximum absolute atomic E-state index is 12.8. The van der Waals surface area contributed by atoms with Gasteiger partial charge in [0.25, 0.3) is 10.0 Å². The Labute approximate surface area is 165 Å². The molecule has 152 valence electrons. The van der Waals surface area contributed by atoms with Crippen LogP contribution in [0.2, 0.25) is 0 Å². The number of aryl methyl sites for hydroxylation is 1. The predicted octanol–water partition coefficient (Wildman–Crippen LogP) is 3.54. The summed E-state index contributed by atoms with van der Waals surface area (Å²) in [5.74, 6) is -0.508. The Balaban J connectivity index is 1.70. The van der Waals surface area contributed by atoms with Crippen molar-refractivity contribution in [1.82, 2.24) is 9.62 Å². The number of hydrogen-bond acceptors (Lipinski definition) is 4. The standard InChI is InChI=1S/C18H19F3N2O3S2/c1-12-7-8-16(27-12)28(25,26)23-9-3-6-15(23)17(24)22-11-13-4-2-5-14(10-13)18(19,20)21/h2,4-5,7-8,10,15H,3,6,9,11H2,1H3,(H,22,24)/t15-/m1/s1. The van der Waals surface area contributed by atoms with Gasteiger partial charge in [0.05, 0.1) is 5.56 Å². The Hall–Kier alpha value is -1.91. The fourth-order valence-corrected chi connectivity index (χ4v) is 6.19. The monoisotopic (exact) mass is 432 g/mol. The lowest BCUT2D eigenvalue weighted by atomic mass is 10.1. The largest absolute Gasteiger partial charge is 0.416 e. The maximum Gasteiger partial charge on any atom is 0.416 e.